The number of aliphatic carboxylic acids is 1. The molecule has 37 heavy (non-hydrogen) atoms. The Morgan fingerprint density at radius 2 is 1.76 bits per heavy atom. The maximum absolute atomic E-state index is 14.8. The minimum Gasteiger partial charge on any atom is -0.497 e. The highest BCUT2D eigenvalue weighted by atomic mass is 28.3. The summed E-state index contributed by atoms with van der Waals surface area (Å²) in [4.78, 5) is 39.4. The van der Waals surface area contributed by atoms with Crippen LogP contribution in [0.15, 0.2) is 42.0 Å². The summed E-state index contributed by atoms with van der Waals surface area (Å²) in [6, 6.07) is 6.46. The average Bonchev–Trinajstić information content (AvgIpc) is 2.77. The number of carbonyl (C=O) groups is 3. The molecule has 0 radical (unpaired) electrons. The van der Waals surface area contributed by atoms with Crippen molar-refractivity contribution >= 4 is 36.7 Å². The molecule has 1 aliphatic carbocycles. The molecule has 1 aliphatic heterocycles. The van der Waals surface area contributed by atoms with Crippen molar-refractivity contribution in [2.24, 2.45) is 5.92 Å². The molecule has 4 rings (SSSR count). The number of nitrogens with zero attached hydrogens (tertiary/aromatic N) is 1. The van der Waals surface area contributed by atoms with Crippen molar-refractivity contribution in [2.75, 3.05) is 19.0 Å². The minimum absolute atomic E-state index is 0.0228. The second-order valence-electron chi connectivity index (χ2n) is 10.5. The molecular formula is C27H30F2N2O5Si. The van der Waals surface area contributed by atoms with Crippen LogP contribution in [0.5, 0.6) is 5.75 Å². The summed E-state index contributed by atoms with van der Waals surface area (Å²) in [6.07, 6.45) is 2.25. The number of fused-ring (bicyclic) bond motifs is 1. The second-order valence-corrected chi connectivity index (χ2v) is 15.5. The Labute approximate surface area is 215 Å². The number of amides is 2. The van der Waals surface area contributed by atoms with Crippen LogP contribution in [0.2, 0.25) is 19.6 Å². The Morgan fingerprint density at radius 3 is 2.32 bits per heavy atom. The summed E-state index contributed by atoms with van der Waals surface area (Å²) >= 11 is 0. The van der Waals surface area contributed by atoms with E-state index in [1.807, 2.05) is 25.7 Å². The number of nitrogens with one attached hydrogen (secondary N) is 1. The quantitative estimate of drug-likeness (QED) is 0.437. The summed E-state index contributed by atoms with van der Waals surface area (Å²) < 4.78 is 35.0. The summed E-state index contributed by atoms with van der Waals surface area (Å²) in [5, 5.41) is 11.6. The highest BCUT2D eigenvalue weighted by Crippen LogP contribution is 2.39. The van der Waals surface area contributed by atoms with E-state index in [0.717, 1.165) is 23.8 Å². The van der Waals surface area contributed by atoms with Gasteiger partial charge in [-0.2, -0.15) is 0 Å². The van der Waals surface area contributed by atoms with Crippen molar-refractivity contribution in [3.05, 3.63) is 64.7 Å². The predicted octanol–water partition coefficient (Wildman–Crippen LogP) is 4.00. The van der Waals surface area contributed by atoms with Gasteiger partial charge in [0.2, 0.25) is 5.91 Å². The fourth-order valence-electron chi connectivity index (χ4n) is 5.10. The van der Waals surface area contributed by atoms with Crippen LogP contribution in [0.3, 0.4) is 0 Å². The topological polar surface area (TPSA) is 95.9 Å². The van der Waals surface area contributed by atoms with Gasteiger partial charge >= 0.3 is 5.97 Å². The van der Waals surface area contributed by atoms with E-state index in [9.17, 15) is 23.2 Å². The number of rotatable bonds is 6. The van der Waals surface area contributed by atoms with Crippen molar-refractivity contribution in [2.45, 2.75) is 44.9 Å². The Hall–Kier alpha value is -3.53. The molecule has 2 aromatic rings. The van der Waals surface area contributed by atoms with Crippen LogP contribution in [0.25, 0.3) is 0 Å². The van der Waals surface area contributed by atoms with E-state index in [4.69, 9.17) is 9.84 Å². The van der Waals surface area contributed by atoms with Crippen LogP contribution in [0, 0.1) is 17.6 Å². The lowest BCUT2D eigenvalue weighted by atomic mass is 9.78. The van der Waals surface area contributed by atoms with Crippen LogP contribution in [0.1, 0.15) is 30.0 Å². The van der Waals surface area contributed by atoms with Gasteiger partial charge in [-0.05, 0) is 54.7 Å². The summed E-state index contributed by atoms with van der Waals surface area (Å²) in [7, 11) is -0.757. The molecule has 0 saturated heterocycles. The first-order chi connectivity index (χ1) is 17.4. The number of benzene rings is 2. The molecule has 1 heterocycles. The number of hydrogen-bond donors (Lipinski definition) is 2. The third-order valence-electron chi connectivity index (χ3n) is 6.86. The molecule has 196 valence electrons. The molecule has 2 amide bonds. The molecule has 0 unspecified atom stereocenters. The smallest absolute Gasteiger partial charge is 0.328 e. The van der Waals surface area contributed by atoms with Crippen molar-refractivity contribution in [3.63, 3.8) is 0 Å². The van der Waals surface area contributed by atoms with Crippen molar-refractivity contribution in [1.82, 2.24) is 4.90 Å². The normalized spacial score (nSPS) is 19.0. The number of ether oxygens (including phenoxy) is 1. The second kappa shape index (κ2) is 10.1. The maximum atomic E-state index is 14.8. The lowest BCUT2D eigenvalue weighted by molar-refractivity contribution is -0.144. The fraction of sp³-hybridized carbons (Fsp3) is 0.370. The van der Waals surface area contributed by atoms with Gasteiger partial charge in [-0.15, -0.1) is 0 Å². The molecule has 2 N–H and O–H groups in total. The Bertz CT molecular complexity index is 1270. The fourth-order valence-corrected chi connectivity index (χ4v) is 6.67. The summed E-state index contributed by atoms with van der Waals surface area (Å²) in [5.41, 5.74) is 2.10. The van der Waals surface area contributed by atoms with Crippen molar-refractivity contribution in [3.8, 4) is 5.75 Å². The van der Waals surface area contributed by atoms with Crippen LogP contribution in [0.4, 0.5) is 14.5 Å². The standard InChI is InChI=1S/C27H30F2N2O5Si/c1-36-19-5-6-20-16(12-19)7-8-31(27(35)17-9-15(10-17)11-23(32)33)24(20)26(34)30-18-13-21(28)25(22(29)14-18)37(2,3)4/h5-6,11-14,17,24H,7-10H2,1-4H3,(H,30,34)(H,32,33)/t17?,24-/m1/s1. The lowest BCUT2D eigenvalue weighted by Gasteiger charge is -2.40. The van der Waals surface area contributed by atoms with Crippen molar-refractivity contribution in [1.29, 1.82) is 0 Å². The first-order valence-corrected chi connectivity index (χ1v) is 15.6. The Morgan fingerprint density at radius 1 is 1.11 bits per heavy atom. The predicted molar refractivity (Wildman–Crippen MR) is 138 cm³/mol. The van der Waals surface area contributed by atoms with E-state index in [2.05, 4.69) is 5.32 Å². The first-order valence-electron chi connectivity index (χ1n) is 12.1. The zero-order valence-corrected chi connectivity index (χ0v) is 22.2. The molecule has 2 aromatic carbocycles. The van der Waals surface area contributed by atoms with Crippen LogP contribution >= 0.6 is 0 Å². The van der Waals surface area contributed by atoms with Crippen LogP contribution in [-0.2, 0) is 20.8 Å². The van der Waals surface area contributed by atoms with Gasteiger partial charge < -0.3 is 20.1 Å². The third kappa shape index (κ3) is 5.43. The van der Waals surface area contributed by atoms with Crippen molar-refractivity contribution < 1.29 is 33.0 Å². The van der Waals surface area contributed by atoms with E-state index in [0.29, 0.717) is 36.1 Å². The van der Waals surface area contributed by atoms with E-state index < -0.39 is 43.5 Å². The number of allylic oxidation sites excluding steroid dienone is 1. The third-order valence-corrected chi connectivity index (χ3v) is 8.84. The lowest BCUT2D eigenvalue weighted by Crippen LogP contribution is -2.49. The van der Waals surface area contributed by atoms with Gasteiger partial charge in [0.15, 0.2) is 0 Å². The molecule has 0 bridgehead atoms. The first kappa shape index (κ1) is 26.5. The minimum atomic E-state index is -2.30. The number of halogens is 2. The molecule has 10 heteroatoms. The number of carbonyl (C=O) groups excluding carboxylic acids is 2. The molecule has 0 spiro atoms. The zero-order chi connectivity index (χ0) is 27.1. The summed E-state index contributed by atoms with van der Waals surface area (Å²) in [6.45, 7) is 5.77. The number of hydrogen-bond acceptors (Lipinski definition) is 4. The molecule has 2 aliphatic rings. The van der Waals surface area contributed by atoms with Crippen LogP contribution in [-0.4, -0.2) is 49.5 Å². The molecule has 1 fully saturated rings. The van der Waals surface area contributed by atoms with Gasteiger partial charge in [0.05, 0.1) is 15.2 Å². The molecule has 1 atom stereocenters. The van der Waals surface area contributed by atoms with Gasteiger partial charge in [0.25, 0.3) is 5.91 Å². The molecule has 0 aromatic heterocycles. The largest absolute Gasteiger partial charge is 0.497 e. The SMILES string of the molecule is COc1ccc2c(c1)CCN(C(=O)C1CC(=CC(=O)O)C1)[C@H]2C(=O)Nc1cc(F)c([Si](C)(C)C)c(F)c1. The van der Waals surface area contributed by atoms with Gasteiger partial charge in [-0.25, -0.2) is 13.6 Å². The highest BCUT2D eigenvalue weighted by Gasteiger charge is 2.41. The number of carboxylic acids is 1. The van der Waals surface area contributed by atoms with E-state index in [1.165, 1.54) is 12.0 Å². The number of carboxylic acid groups (broad SMARTS) is 1. The van der Waals surface area contributed by atoms with Gasteiger partial charge in [-0.1, -0.05) is 31.3 Å². The van der Waals surface area contributed by atoms with E-state index in [-0.39, 0.29) is 23.3 Å². The van der Waals surface area contributed by atoms with E-state index in [1.54, 1.807) is 12.1 Å². The molecule has 1 saturated carbocycles. The zero-order valence-electron chi connectivity index (χ0n) is 21.2. The van der Waals surface area contributed by atoms with E-state index >= 15 is 0 Å². The Balaban J connectivity index is 1.65. The molecular weight excluding hydrogens is 498 g/mol. The number of methoxy groups -OCH3 is 1. The Kier molecular flexibility index (Phi) is 7.23. The monoisotopic (exact) mass is 528 g/mol. The number of anilines is 1. The summed E-state index contributed by atoms with van der Waals surface area (Å²) in [5.74, 6) is -3.11. The molecule has 7 nitrogen and oxygen atoms in total. The highest BCUT2D eigenvalue weighted by molar-refractivity contribution is 6.88. The average molecular weight is 529 g/mol. The van der Waals surface area contributed by atoms with Crippen LogP contribution < -0.4 is 15.2 Å². The van der Waals surface area contributed by atoms with Gasteiger partial charge in [0.1, 0.15) is 23.4 Å². The maximum Gasteiger partial charge on any atom is 0.328 e. The van der Waals surface area contributed by atoms with Gasteiger partial charge in [0, 0.05) is 29.4 Å². The van der Waals surface area contributed by atoms with Gasteiger partial charge in [-0.3, -0.25) is 9.59 Å².